The quantitative estimate of drug-likeness (QED) is 0.386. The van der Waals surface area contributed by atoms with Gasteiger partial charge in [0, 0.05) is 0 Å². The van der Waals surface area contributed by atoms with Gasteiger partial charge in [-0.05, 0) is 79.1 Å². The van der Waals surface area contributed by atoms with Crippen LogP contribution in [0, 0.1) is 0 Å². The number of nitrogens with zero attached hydrogens (tertiary/aromatic N) is 1. The second-order valence-corrected chi connectivity index (χ2v) is 11.0. The predicted molar refractivity (Wildman–Crippen MR) is 137 cm³/mol. The first kappa shape index (κ1) is 26.7. The topological polar surface area (TPSA) is 66.5 Å². The van der Waals surface area contributed by atoms with E-state index in [9.17, 15) is 26.4 Å². The van der Waals surface area contributed by atoms with E-state index in [1.165, 1.54) is 41.5 Å². The molecule has 0 spiro atoms. The van der Waals surface area contributed by atoms with Gasteiger partial charge < -0.3 is 5.32 Å². The highest BCUT2D eigenvalue weighted by Crippen LogP contribution is 2.33. The molecule has 0 radical (unpaired) electrons. The molecule has 1 N–H and O–H groups in total. The van der Waals surface area contributed by atoms with Crippen molar-refractivity contribution in [2.75, 3.05) is 10.8 Å². The summed E-state index contributed by atoms with van der Waals surface area (Å²) in [4.78, 5) is 13.1. The van der Waals surface area contributed by atoms with Crippen LogP contribution in [0.25, 0.3) is 0 Å². The number of anilines is 1. The summed E-state index contributed by atoms with van der Waals surface area (Å²) in [5, 5.41) is 2.89. The summed E-state index contributed by atoms with van der Waals surface area (Å²) in [6.07, 6.45) is 0.179. The largest absolute Gasteiger partial charge is 0.416 e. The maximum absolute atomic E-state index is 13.5. The van der Waals surface area contributed by atoms with E-state index in [0.717, 1.165) is 53.8 Å². The SMILES string of the molecule is CC[C@H](NC(=O)CN(c1cccc(C(F)(F)F)c1)S(=O)(=O)c1ccccc1)c1ccc2c(c1)CCCC2. The molecule has 0 aliphatic heterocycles. The molecule has 0 heterocycles. The Morgan fingerprint density at radius 1 is 0.946 bits per heavy atom. The highest BCUT2D eigenvalue weighted by molar-refractivity contribution is 7.92. The fraction of sp³-hybridized carbons (Fsp3) is 0.321. The highest BCUT2D eigenvalue weighted by Gasteiger charge is 2.33. The van der Waals surface area contributed by atoms with Crippen LogP contribution in [0.15, 0.2) is 77.7 Å². The van der Waals surface area contributed by atoms with Crippen LogP contribution in [0.2, 0.25) is 0 Å². The molecule has 196 valence electrons. The van der Waals surface area contributed by atoms with Crippen LogP contribution in [0.1, 0.15) is 54.5 Å². The zero-order chi connectivity index (χ0) is 26.6. The lowest BCUT2D eigenvalue weighted by atomic mass is 9.89. The normalized spacial score (nSPS) is 14.5. The zero-order valence-corrected chi connectivity index (χ0v) is 21.3. The van der Waals surface area contributed by atoms with E-state index in [0.29, 0.717) is 6.42 Å². The van der Waals surface area contributed by atoms with E-state index in [1.807, 2.05) is 13.0 Å². The van der Waals surface area contributed by atoms with Gasteiger partial charge in [-0.25, -0.2) is 8.42 Å². The molecule has 1 aliphatic carbocycles. The smallest absolute Gasteiger partial charge is 0.348 e. The van der Waals surface area contributed by atoms with Gasteiger partial charge in [-0.3, -0.25) is 9.10 Å². The van der Waals surface area contributed by atoms with Crippen molar-refractivity contribution in [2.24, 2.45) is 0 Å². The summed E-state index contributed by atoms with van der Waals surface area (Å²) in [7, 11) is -4.33. The summed E-state index contributed by atoms with van der Waals surface area (Å²) in [6, 6.07) is 17.1. The summed E-state index contributed by atoms with van der Waals surface area (Å²) >= 11 is 0. The maximum Gasteiger partial charge on any atom is 0.416 e. The molecule has 3 aromatic carbocycles. The van der Waals surface area contributed by atoms with Gasteiger partial charge in [0.05, 0.1) is 22.2 Å². The van der Waals surface area contributed by atoms with E-state index in [4.69, 9.17) is 0 Å². The van der Waals surface area contributed by atoms with E-state index < -0.39 is 34.2 Å². The summed E-state index contributed by atoms with van der Waals surface area (Å²) in [5.74, 6) is -0.610. The van der Waals surface area contributed by atoms with Crippen molar-refractivity contribution in [3.05, 3.63) is 95.1 Å². The number of alkyl halides is 3. The minimum absolute atomic E-state index is 0.123. The number of amides is 1. The molecule has 1 atom stereocenters. The van der Waals surface area contributed by atoms with Crippen molar-refractivity contribution in [3.8, 4) is 0 Å². The number of hydrogen-bond acceptors (Lipinski definition) is 3. The number of fused-ring (bicyclic) bond motifs is 1. The van der Waals surface area contributed by atoms with Crippen LogP contribution in [0.3, 0.4) is 0 Å². The Balaban J connectivity index is 1.63. The van der Waals surface area contributed by atoms with Crippen molar-refractivity contribution in [3.63, 3.8) is 0 Å². The number of hydrogen-bond donors (Lipinski definition) is 1. The summed E-state index contributed by atoms with van der Waals surface area (Å²) in [6.45, 7) is 1.25. The standard InChI is InChI=1S/C28H29F3N2O3S/c1-2-26(22-16-15-20-9-6-7-10-21(20)17-22)32-27(34)19-33(37(35,36)25-13-4-3-5-14-25)24-12-8-11-23(18-24)28(29,30)31/h3-5,8,11-18,26H,2,6-7,9-10,19H2,1H3,(H,32,34)/t26-/m0/s1. The molecule has 1 aliphatic rings. The molecule has 0 unspecified atom stereocenters. The van der Waals surface area contributed by atoms with Crippen LogP contribution < -0.4 is 9.62 Å². The molecule has 1 amide bonds. The minimum Gasteiger partial charge on any atom is -0.348 e. The van der Waals surface area contributed by atoms with Crippen LogP contribution in [0.4, 0.5) is 18.9 Å². The number of carbonyl (C=O) groups excluding carboxylic acids is 1. The van der Waals surface area contributed by atoms with Crippen LogP contribution >= 0.6 is 0 Å². The second kappa shape index (κ2) is 11.0. The van der Waals surface area contributed by atoms with Gasteiger partial charge in [-0.2, -0.15) is 13.2 Å². The third-order valence-corrected chi connectivity index (χ3v) is 8.39. The molecule has 0 saturated carbocycles. The van der Waals surface area contributed by atoms with Gasteiger partial charge in [0.25, 0.3) is 10.0 Å². The molecule has 0 bridgehead atoms. The summed E-state index contributed by atoms with van der Waals surface area (Å²) in [5.41, 5.74) is 2.25. The lowest BCUT2D eigenvalue weighted by Crippen LogP contribution is -2.42. The van der Waals surface area contributed by atoms with Gasteiger partial charge in [0.1, 0.15) is 6.54 Å². The van der Waals surface area contributed by atoms with Gasteiger partial charge >= 0.3 is 6.18 Å². The first-order valence-electron chi connectivity index (χ1n) is 12.3. The third-order valence-electron chi connectivity index (χ3n) is 6.60. The highest BCUT2D eigenvalue weighted by atomic mass is 32.2. The monoisotopic (exact) mass is 530 g/mol. The first-order chi connectivity index (χ1) is 17.6. The van der Waals surface area contributed by atoms with Crippen molar-refractivity contribution >= 4 is 21.6 Å². The Kier molecular flexibility index (Phi) is 7.92. The number of sulfonamides is 1. The Hall–Kier alpha value is -3.33. The minimum atomic E-state index is -4.67. The molecule has 3 aromatic rings. The molecule has 0 fully saturated rings. The van der Waals surface area contributed by atoms with E-state index in [1.54, 1.807) is 6.07 Å². The average Bonchev–Trinajstić information content (AvgIpc) is 2.90. The maximum atomic E-state index is 13.5. The molecular formula is C28H29F3N2O3S. The molecule has 9 heteroatoms. The fourth-order valence-corrected chi connectivity index (χ4v) is 6.07. The lowest BCUT2D eigenvalue weighted by molar-refractivity contribution is -0.137. The molecule has 5 nitrogen and oxygen atoms in total. The van der Waals surface area contributed by atoms with E-state index in [-0.39, 0.29) is 16.6 Å². The number of nitrogens with one attached hydrogen (secondary N) is 1. The number of carbonyl (C=O) groups is 1. The Bertz CT molecular complexity index is 1360. The average molecular weight is 531 g/mol. The second-order valence-electron chi connectivity index (χ2n) is 9.14. The fourth-order valence-electron chi connectivity index (χ4n) is 4.63. The van der Waals surface area contributed by atoms with E-state index >= 15 is 0 Å². The molecule has 4 rings (SSSR count). The third kappa shape index (κ3) is 6.15. The van der Waals surface area contributed by atoms with Crippen LogP contribution in [-0.4, -0.2) is 20.9 Å². The molecule has 37 heavy (non-hydrogen) atoms. The number of benzene rings is 3. The Morgan fingerprint density at radius 3 is 2.32 bits per heavy atom. The number of halogens is 3. The van der Waals surface area contributed by atoms with Crippen molar-refractivity contribution in [2.45, 2.75) is 56.1 Å². The number of rotatable bonds is 8. The summed E-state index contributed by atoms with van der Waals surface area (Å²) < 4.78 is 67.9. The molecule has 0 aromatic heterocycles. The Labute approximate surface area is 215 Å². The number of aryl methyl sites for hydroxylation is 2. The van der Waals surface area contributed by atoms with E-state index in [2.05, 4.69) is 17.4 Å². The van der Waals surface area contributed by atoms with Crippen molar-refractivity contribution < 1.29 is 26.4 Å². The zero-order valence-electron chi connectivity index (χ0n) is 20.5. The molecular weight excluding hydrogens is 501 g/mol. The van der Waals surface area contributed by atoms with Gasteiger partial charge in [-0.15, -0.1) is 0 Å². The van der Waals surface area contributed by atoms with Crippen LogP contribution in [-0.2, 0) is 33.8 Å². The van der Waals surface area contributed by atoms with Crippen molar-refractivity contribution in [1.29, 1.82) is 0 Å². The lowest BCUT2D eigenvalue weighted by Gasteiger charge is -2.26. The van der Waals surface area contributed by atoms with Gasteiger partial charge in [-0.1, -0.05) is 49.4 Å². The van der Waals surface area contributed by atoms with Crippen molar-refractivity contribution in [1.82, 2.24) is 5.32 Å². The first-order valence-corrected chi connectivity index (χ1v) is 13.7. The van der Waals surface area contributed by atoms with Crippen LogP contribution in [0.5, 0.6) is 0 Å². The van der Waals surface area contributed by atoms with Gasteiger partial charge in [0.2, 0.25) is 5.91 Å². The van der Waals surface area contributed by atoms with Gasteiger partial charge in [0.15, 0.2) is 0 Å². The predicted octanol–water partition coefficient (Wildman–Crippen LogP) is 6.05. The Morgan fingerprint density at radius 2 is 1.65 bits per heavy atom. The molecule has 0 saturated heterocycles.